The van der Waals surface area contributed by atoms with Crippen LogP contribution in [0.4, 0.5) is 10.8 Å². The molecule has 0 atom stereocenters. The summed E-state index contributed by atoms with van der Waals surface area (Å²) in [6.07, 6.45) is 4.71. The zero-order valence-electron chi connectivity index (χ0n) is 16.3. The van der Waals surface area contributed by atoms with E-state index in [4.69, 9.17) is 5.11 Å². The maximum Gasteiger partial charge on any atom is 0.323 e. The molecule has 158 valence electrons. The smallest absolute Gasteiger partial charge is 0.323 e. The number of imide groups is 1. The van der Waals surface area contributed by atoms with Gasteiger partial charge in [0.1, 0.15) is 0 Å². The average molecular weight is 448 g/mol. The Morgan fingerprint density at radius 3 is 2.47 bits per heavy atom. The standard InChI is InChI=1S/C20H21N3O5S2/c1-29-19-14(11-15(24)25)21-20(30-19)22-16(26)18(28)23(13-9-3-2-4-10-13)17(27)12-7-5-6-8-12/h2-4,9-10,12H,5-8,11H2,1H3,(H,24,25)(H,21,22,26). The van der Waals surface area contributed by atoms with Gasteiger partial charge in [0.2, 0.25) is 5.91 Å². The number of hydrogen-bond donors (Lipinski definition) is 2. The Morgan fingerprint density at radius 2 is 1.87 bits per heavy atom. The number of carboxylic acids is 1. The SMILES string of the molecule is CSc1sc(NC(=O)C(=O)N(C(=O)C2CCCC2)c2ccccc2)nc1CC(=O)O. The molecule has 3 amide bonds. The minimum Gasteiger partial charge on any atom is -0.481 e. The number of para-hydroxylation sites is 1. The fourth-order valence-corrected chi connectivity index (χ4v) is 4.97. The Balaban J connectivity index is 1.82. The first-order valence-corrected chi connectivity index (χ1v) is 11.4. The number of aromatic nitrogens is 1. The van der Waals surface area contributed by atoms with Crippen molar-refractivity contribution in [1.29, 1.82) is 0 Å². The van der Waals surface area contributed by atoms with E-state index in [1.165, 1.54) is 11.8 Å². The molecule has 10 heteroatoms. The topological polar surface area (TPSA) is 117 Å². The Hall–Kier alpha value is -2.72. The zero-order valence-corrected chi connectivity index (χ0v) is 17.9. The first kappa shape index (κ1) is 22.0. The van der Waals surface area contributed by atoms with Crippen molar-refractivity contribution >= 4 is 57.6 Å². The van der Waals surface area contributed by atoms with Gasteiger partial charge >= 0.3 is 17.8 Å². The number of nitrogens with one attached hydrogen (secondary N) is 1. The molecule has 3 rings (SSSR count). The number of carbonyl (C=O) groups excluding carboxylic acids is 3. The predicted octanol–water partition coefficient (Wildman–Crippen LogP) is 3.18. The third-order valence-corrected chi connectivity index (χ3v) is 6.89. The van der Waals surface area contributed by atoms with Crippen LogP contribution >= 0.6 is 23.1 Å². The number of aliphatic carboxylic acids is 1. The van der Waals surface area contributed by atoms with E-state index in [1.54, 1.807) is 36.6 Å². The van der Waals surface area contributed by atoms with Gasteiger partial charge in [-0.05, 0) is 31.2 Å². The van der Waals surface area contributed by atoms with Crippen molar-refractivity contribution in [3.05, 3.63) is 36.0 Å². The number of benzene rings is 1. The molecule has 2 aromatic rings. The summed E-state index contributed by atoms with van der Waals surface area (Å²) in [5, 5.41) is 11.5. The molecule has 0 radical (unpaired) electrons. The first-order chi connectivity index (χ1) is 14.4. The van der Waals surface area contributed by atoms with Gasteiger partial charge in [0.25, 0.3) is 0 Å². The van der Waals surface area contributed by atoms with Gasteiger partial charge in [-0.3, -0.25) is 24.5 Å². The second-order valence-corrected chi connectivity index (χ2v) is 8.85. The van der Waals surface area contributed by atoms with Crippen molar-refractivity contribution in [1.82, 2.24) is 4.98 Å². The van der Waals surface area contributed by atoms with E-state index in [2.05, 4.69) is 10.3 Å². The summed E-state index contributed by atoms with van der Waals surface area (Å²) < 4.78 is 0.641. The van der Waals surface area contributed by atoms with Gasteiger partial charge in [0, 0.05) is 5.92 Å². The summed E-state index contributed by atoms with van der Waals surface area (Å²) in [5.74, 6) is -3.68. The summed E-state index contributed by atoms with van der Waals surface area (Å²) in [5.41, 5.74) is 0.662. The van der Waals surface area contributed by atoms with Gasteiger partial charge in [0.05, 0.1) is 22.0 Å². The van der Waals surface area contributed by atoms with Crippen LogP contribution in [0.15, 0.2) is 34.5 Å². The number of thioether (sulfide) groups is 1. The molecule has 1 fully saturated rings. The number of anilines is 2. The van der Waals surface area contributed by atoms with Gasteiger partial charge in [-0.1, -0.05) is 42.4 Å². The lowest BCUT2D eigenvalue weighted by Gasteiger charge is -2.23. The maximum atomic E-state index is 13.0. The van der Waals surface area contributed by atoms with E-state index < -0.39 is 17.8 Å². The molecule has 1 heterocycles. The highest BCUT2D eigenvalue weighted by Crippen LogP contribution is 2.32. The molecule has 0 spiro atoms. The normalized spacial score (nSPS) is 13.8. The Kier molecular flexibility index (Phi) is 7.22. The third-order valence-electron chi connectivity index (χ3n) is 4.72. The highest BCUT2D eigenvalue weighted by molar-refractivity contribution is 8.00. The zero-order chi connectivity index (χ0) is 21.7. The molecular weight excluding hydrogens is 426 g/mol. The number of nitrogens with zero attached hydrogens (tertiary/aromatic N) is 2. The van der Waals surface area contributed by atoms with E-state index in [0.29, 0.717) is 28.4 Å². The van der Waals surface area contributed by atoms with Gasteiger partial charge in [-0.25, -0.2) is 9.88 Å². The Morgan fingerprint density at radius 1 is 1.20 bits per heavy atom. The summed E-state index contributed by atoms with van der Waals surface area (Å²) in [6, 6.07) is 8.37. The predicted molar refractivity (Wildman–Crippen MR) is 115 cm³/mol. The van der Waals surface area contributed by atoms with Crippen molar-refractivity contribution in [3.63, 3.8) is 0 Å². The lowest BCUT2D eigenvalue weighted by molar-refractivity contribution is -0.138. The Labute approximate surface area is 181 Å². The van der Waals surface area contributed by atoms with Crippen LogP contribution in [0.25, 0.3) is 0 Å². The molecule has 1 aromatic heterocycles. The number of carboxylic acid groups (broad SMARTS) is 1. The highest BCUT2D eigenvalue weighted by atomic mass is 32.2. The monoisotopic (exact) mass is 447 g/mol. The molecule has 1 aromatic carbocycles. The van der Waals surface area contributed by atoms with E-state index in [1.807, 2.05) is 0 Å². The number of hydrogen-bond acceptors (Lipinski definition) is 7. The summed E-state index contributed by atoms with van der Waals surface area (Å²) >= 11 is 2.40. The van der Waals surface area contributed by atoms with Gasteiger partial charge in [0.15, 0.2) is 5.13 Å². The molecular formula is C20H21N3O5S2. The minimum atomic E-state index is -1.04. The molecule has 1 aliphatic carbocycles. The second kappa shape index (κ2) is 9.86. The Bertz CT molecular complexity index is 955. The average Bonchev–Trinajstić information content (AvgIpc) is 3.38. The summed E-state index contributed by atoms with van der Waals surface area (Å²) in [7, 11) is 0. The van der Waals surface area contributed by atoms with Crippen LogP contribution in [0, 0.1) is 5.92 Å². The molecule has 1 saturated carbocycles. The number of rotatable bonds is 6. The van der Waals surface area contributed by atoms with Gasteiger partial charge in [-0.2, -0.15) is 0 Å². The van der Waals surface area contributed by atoms with Crippen LogP contribution in [0.5, 0.6) is 0 Å². The maximum absolute atomic E-state index is 13.0. The van der Waals surface area contributed by atoms with Crippen LogP contribution < -0.4 is 10.2 Å². The van der Waals surface area contributed by atoms with Crippen molar-refractivity contribution in [2.24, 2.45) is 5.92 Å². The highest BCUT2D eigenvalue weighted by Gasteiger charge is 2.35. The van der Waals surface area contributed by atoms with Crippen molar-refractivity contribution in [3.8, 4) is 0 Å². The summed E-state index contributed by atoms with van der Waals surface area (Å²) in [4.78, 5) is 54.7. The van der Waals surface area contributed by atoms with E-state index >= 15 is 0 Å². The van der Waals surface area contributed by atoms with E-state index in [9.17, 15) is 19.2 Å². The fourth-order valence-electron chi connectivity index (χ4n) is 3.33. The van der Waals surface area contributed by atoms with Crippen molar-refractivity contribution in [2.45, 2.75) is 36.3 Å². The number of thiazole rings is 1. The molecule has 0 saturated heterocycles. The van der Waals surface area contributed by atoms with Crippen LogP contribution in [-0.2, 0) is 25.6 Å². The van der Waals surface area contributed by atoms with Crippen molar-refractivity contribution in [2.75, 3.05) is 16.5 Å². The fraction of sp³-hybridized carbons (Fsp3) is 0.350. The third kappa shape index (κ3) is 5.06. The minimum absolute atomic E-state index is 0.121. The van der Waals surface area contributed by atoms with E-state index in [0.717, 1.165) is 29.1 Å². The van der Waals surface area contributed by atoms with Crippen LogP contribution in [0.3, 0.4) is 0 Å². The quantitative estimate of drug-likeness (QED) is 0.516. The molecule has 8 nitrogen and oxygen atoms in total. The largest absolute Gasteiger partial charge is 0.481 e. The lowest BCUT2D eigenvalue weighted by atomic mass is 10.1. The van der Waals surface area contributed by atoms with Crippen LogP contribution in [-0.4, -0.2) is 40.0 Å². The first-order valence-electron chi connectivity index (χ1n) is 9.40. The van der Waals surface area contributed by atoms with Crippen LogP contribution in [0.2, 0.25) is 0 Å². The van der Waals surface area contributed by atoms with Gasteiger partial charge < -0.3 is 5.11 Å². The molecule has 2 N–H and O–H groups in total. The lowest BCUT2D eigenvalue weighted by Crippen LogP contribution is -2.46. The molecule has 0 unspecified atom stereocenters. The summed E-state index contributed by atoms with van der Waals surface area (Å²) in [6.45, 7) is 0. The molecule has 0 aliphatic heterocycles. The van der Waals surface area contributed by atoms with E-state index in [-0.39, 0.29) is 23.4 Å². The number of carbonyl (C=O) groups is 4. The number of amides is 3. The van der Waals surface area contributed by atoms with Crippen molar-refractivity contribution < 1.29 is 24.3 Å². The molecule has 30 heavy (non-hydrogen) atoms. The molecule has 0 bridgehead atoms. The second-order valence-electron chi connectivity index (χ2n) is 6.78. The van der Waals surface area contributed by atoms with Crippen LogP contribution in [0.1, 0.15) is 31.4 Å². The van der Waals surface area contributed by atoms with Gasteiger partial charge in [-0.15, -0.1) is 11.8 Å². The molecule has 1 aliphatic rings.